The van der Waals surface area contributed by atoms with Crippen LogP contribution in [0.3, 0.4) is 0 Å². The Morgan fingerprint density at radius 3 is 3.10 bits per heavy atom. The van der Waals surface area contributed by atoms with Gasteiger partial charge in [0.1, 0.15) is 0 Å². The van der Waals surface area contributed by atoms with Crippen LogP contribution < -0.4 is 10.6 Å². The van der Waals surface area contributed by atoms with E-state index in [1.165, 1.54) is 0 Å². The molecule has 0 bridgehead atoms. The molecule has 110 valence electrons. The summed E-state index contributed by atoms with van der Waals surface area (Å²) < 4.78 is 0. The maximum atomic E-state index is 11.8. The van der Waals surface area contributed by atoms with Crippen molar-refractivity contribution in [3.05, 3.63) is 34.3 Å². The third-order valence-corrected chi connectivity index (χ3v) is 4.11. The molecule has 3 N–H and O–H groups in total. The molecule has 4 nitrogen and oxygen atoms in total. The van der Waals surface area contributed by atoms with E-state index < -0.39 is 0 Å². The third kappa shape index (κ3) is 3.64. The molecular weight excluding hydrogens is 276 g/mol. The highest BCUT2D eigenvalue weighted by Gasteiger charge is 2.25. The maximum Gasteiger partial charge on any atom is 0.315 e. The Morgan fingerprint density at radius 2 is 2.35 bits per heavy atom. The van der Waals surface area contributed by atoms with Crippen molar-refractivity contribution in [3.8, 4) is 0 Å². The predicted octanol–water partition coefficient (Wildman–Crippen LogP) is 2.79. The van der Waals surface area contributed by atoms with Gasteiger partial charge in [-0.3, -0.25) is 0 Å². The van der Waals surface area contributed by atoms with Crippen molar-refractivity contribution in [1.29, 1.82) is 0 Å². The third-order valence-electron chi connectivity index (χ3n) is 3.75. The van der Waals surface area contributed by atoms with Gasteiger partial charge in [0.25, 0.3) is 0 Å². The molecule has 0 spiro atoms. The molecule has 5 heteroatoms. The van der Waals surface area contributed by atoms with Gasteiger partial charge < -0.3 is 15.7 Å². The van der Waals surface area contributed by atoms with E-state index in [9.17, 15) is 9.90 Å². The predicted molar refractivity (Wildman–Crippen MR) is 80.0 cm³/mol. The van der Waals surface area contributed by atoms with Crippen LogP contribution in [0.25, 0.3) is 0 Å². The zero-order valence-electron chi connectivity index (χ0n) is 11.7. The summed E-state index contributed by atoms with van der Waals surface area (Å²) in [5, 5.41) is 15.9. The Bertz CT molecular complexity index is 479. The fraction of sp³-hybridized carbons (Fsp3) is 0.533. The molecule has 0 fully saturated rings. The molecule has 0 aliphatic heterocycles. The van der Waals surface area contributed by atoms with E-state index in [0.29, 0.717) is 19.4 Å². The lowest BCUT2D eigenvalue weighted by Crippen LogP contribution is -2.38. The van der Waals surface area contributed by atoms with Gasteiger partial charge in [0, 0.05) is 11.6 Å². The highest BCUT2D eigenvalue weighted by atomic mass is 35.5. The summed E-state index contributed by atoms with van der Waals surface area (Å²) >= 11 is 6.15. The van der Waals surface area contributed by atoms with Gasteiger partial charge >= 0.3 is 6.03 Å². The first-order valence-corrected chi connectivity index (χ1v) is 7.49. The summed E-state index contributed by atoms with van der Waals surface area (Å²) in [6.45, 7) is 2.40. The maximum absolute atomic E-state index is 11.8. The number of halogens is 1. The van der Waals surface area contributed by atoms with Gasteiger partial charge in [-0.25, -0.2) is 4.79 Å². The van der Waals surface area contributed by atoms with Gasteiger partial charge in [-0.05, 0) is 42.9 Å². The number of aliphatic hydroxyl groups is 1. The van der Waals surface area contributed by atoms with Crippen LogP contribution in [0.15, 0.2) is 18.2 Å². The van der Waals surface area contributed by atoms with Gasteiger partial charge in [0.05, 0.1) is 12.1 Å². The van der Waals surface area contributed by atoms with Gasteiger partial charge in [-0.15, -0.1) is 0 Å². The molecule has 2 atom stereocenters. The van der Waals surface area contributed by atoms with Crippen LogP contribution in [-0.4, -0.2) is 23.8 Å². The smallest absolute Gasteiger partial charge is 0.315 e. The number of carbonyl (C=O) groups is 1. The Labute approximate surface area is 124 Å². The van der Waals surface area contributed by atoms with E-state index in [2.05, 4.69) is 10.6 Å². The molecule has 2 unspecified atom stereocenters. The lowest BCUT2D eigenvalue weighted by molar-refractivity contribution is 0.160. The number of benzene rings is 1. The van der Waals surface area contributed by atoms with E-state index in [1.54, 1.807) is 0 Å². The van der Waals surface area contributed by atoms with Crippen molar-refractivity contribution in [1.82, 2.24) is 10.6 Å². The minimum absolute atomic E-state index is 0.0276. The molecule has 0 saturated carbocycles. The number of rotatable bonds is 5. The molecule has 2 amide bonds. The van der Waals surface area contributed by atoms with Crippen molar-refractivity contribution in [2.24, 2.45) is 0 Å². The number of hydrogen-bond acceptors (Lipinski definition) is 2. The average Bonchev–Trinajstić information content (AvgIpc) is 2.83. The SMILES string of the molecule is CCC(O)CCNC(=O)NC1CCc2c(Cl)cccc21. The van der Waals surface area contributed by atoms with Gasteiger partial charge in [0.15, 0.2) is 0 Å². The lowest BCUT2D eigenvalue weighted by atomic mass is 10.1. The fourth-order valence-electron chi connectivity index (χ4n) is 2.53. The topological polar surface area (TPSA) is 61.4 Å². The van der Waals surface area contributed by atoms with Crippen LogP contribution in [0.4, 0.5) is 4.79 Å². The number of aliphatic hydroxyl groups excluding tert-OH is 1. The van der Waals surface area contributed by atoms with Crippen LogP contribution in [0.5, 0.6) is 0 Å². The summed E-state index contributed by atoms with van der Waals surface area (Å²) in [6, 6.07) is 5.65. The minimum atomic E-state index is -0.346. The fourth-order valence-corrected chi connectivity index (χ4v) is 2.80. The van der Waals surface area contributed by atoms with Crippen molar-refractivity contribution >= 4 is 17.6 Å². The van der Waals surface area contributed by atoms with E-state index in [4.69, 9.17) is 11.6 Å². The quantitative estimate of drug-likeness (QED) is 0.782. The molecular formula is C15H21ClN2O2. The Morgan fingerprint density at radius 1 is 1.55 bits per heavy atom. The highest BCUT2D eigenvalue weighted by molar-refractivity contribution is 6.31. The molecule has 1 aliphatic rings. The van der Waals surface area contributed by atoms with Crippen molar-refractivity contribution in [2.75, 3.05) is 6.54 Å². The van der Waals surface area contributed by atoms with E-state index in [-0.39, 0.29) is 18.2 Å². The van der Waals surface area contributed by atoms with Gasteiger partial charge in [-0.2, -0.15) is 0 Å². The molecule has 1 aromatic carbocycles. The largest absolute Gasteiger partial charge is 0.393 e. The molecule has 1 aliphatic carbocycles. The number of carbonyl (C=O) groups excluding carboxylic acids is 1. The number of fused-ring (bicyclic) bond motifs is 1. The van der Waals surface area contributed by atoms with E-state index >= 15 is 0 Å². The zero-order chi connectivity index (χ0) is 14.5. The summed E-state index contributed by atoms with van der Waals surface area (Å²) in [7, 11) is 0. The summed E-state index contributed by atoms with van der Waals surface area (Å²) in [4.78, 5) is 11.8. The summed E-state index contributed by atoms with van der Waals surface area (Å²) in [5.41, 5.74) is 2.25. The van der Waals surface area contributed by atoms with Gasteiger partial charge in [0.2, 0.25) is 0 Å². The number of amides is 2. The first-order valence-electron chi connectivity index (χ1n) is 7.11. The first-order chi connectivity index (χ1) is 9.61. The molecule has 1 aromatic rings. The summed E-state index contributed by atoms with van der Waals surface area (Å²) in [6.07, 6.45) is 2.72. The van der Waals surface area contributed by atoms with Crippen molar-refractivity contribution in [3.63, 3.8) is 0 Å². The van der Waals surface area contributed by atoms with Crippen LogP contribution in [-0.2, 0) is 6.42 Å². The lowest BCUT2D eigenvalue weighted by Gasteiger charge is -2.15. The Hall–Kier alpha value is -1.26. The zero-order valence-corrected chi connectivity index (χ0v) is 12.4. The Kier molecular flexibility index (Phi) is 5.26. The molecule has 2 rings (SSSR count). The second kappa shape index (κ2) is 6.95. The van der Waals surface area contributed by atoms with Crippen LogP contribution in [0.2, 0.25) is 5.02 Å². The number of hydrogen-bond donors (Lipinski definition) is 3. The van der Waals surface area contributed by atoms with Crippen LogP contribution in [0.1, 0.15) is 43.4 Å². The molecule has 0 heterocycles. The summed E-state index contributed by atoms with van der Waals surface area (Å²) in [5.74, 6) is 0. The Balaban J connectivity index is 1.84. The molecule has 20 heavy (non-hydrogen) atoms. The minimum Gasteiger partial charge on any atom is -0.393 e. The molecule has 0 aromatic heterocycles. The number of urea groups is 1. The second-order valence-corrected chi connectivity index (χ2v) is 5.56. The standard InChI is InChI=1S/C15H21ClN2O2/c1-2-10(19)8-9-17-15(20)18-14-7-6-11-12(14)4-3-5-13(11)16/h3-5,10,14,19H,2,6-9H2,1H3,(H2,17,18,20). The van der Waals surface area contributed by atoms with Crippen LogP contribution >= 0.6 is 11.6 Å². The average molecular weight is 297 g/mol. The molecule has 0 saturated heterocycles. The molecule has 0 radical (unpaired) electrons. The normalized spacial score (nSPS) is 18.4. The monoisotopic (exact) mass is 296 g/mol. The highest BCUT2D eigenvalue weighted by Crippen LogP contribution is 2.35. The van der Waals surface area contributed by atoms with E-state index in [0.717, 1.165) is 29.0 Å². The van der Waals surface area contributed by atoms with Crippen LogP contribution in [0, 0.1) is 0 Å². The van der Waals surface area contributed by atoms with Gasteiger partial charge in [-0.1, -0.05) is 30.7 Å². The second-order valence-electron chi connectivity index (χ2n) is 5.15. The number of nitrogens with one attached hydrogen (secondary N) is 2. The van der Waals surface area contributed by atoms with Crippen molar-refractivity contribution < 1.29 is 9.90 Å². The first kappa shape index (κ1) is 15.1. The van der Waals surface area contributed by atoms with E-state index in [1.807, 2.05) is 25.1 Å². The van der Waals surface area contributed by atoms with Crippen molar-refractivity contribution in [2.45, 2.75) is 44.8 Å².